The zero-order chi connectivity index (χ0) is 15.6. The van der Waals surface area contributed by atoms with Crippen LogP contribution in [0.5, 0.6) is 0 Å². The smallest absolute Gasteiger partial charge is 0.324 e. The molecule has 4 N–H and O–H groups in total. The predicted octanol–water partition coefficient (Wildman–Crippen LogP) is 1.46. The number of anilines is 2. The first-order valence-corrected chi connectivity index (χ1v) is 6.76. The molecule has 1 fully saturated rings. The van der Waals surface area contributed by atoms with Crippen LogP contribution in [0.4, 0.5) is 16.2 Å². The molecule has 1 aliphatic rings. The highest BCUT2D eigenvalue weighted by molar-refractivity contribution is 6.37. The lowest BCUT2D eigenvalue weighted by atomic mass is 10.2. The van der Waals surface area contributed by atoms with Crippen molar-refractivity contribution in [2.75, 3.05) is 24.1 Å². The zero-order valence-electron chi connectivity index (χ0n) is 10.8. The van der Waals surface area contributed by atoms with Crippen molar-refractivity contribution in [3.8, 4) is 0 Å². The Hall–Kier alpha value is -1.99. The Morgan fingerprint density at radius 2 is 2.10 bits per heavy atom. The molecule has 1 saturated heterocycles. The van der Waals surface area contributed by atoms with E-state index in [1.807, 2.05) is 0 Å². The van der Waals surface area contributed by atoms with E-state index in [2.05, 4.69) is 10.6 Å². The van der Waals surface area contributed by atoms with Gasteiger partial charge in [-0.15, -0.1) is 0 Å². The summed E-state index contributed by atoms with van der Waals surface area (Å²) in [5.41, 5.74) is 6.21. The normalized spacial score (nSPS) is 14.3. The van der Waals surface area contributed by atoms with Gasteiger partial charge in [0.1, 0.15) is 0 Å². The number of hydrogen-bond donors (Lipinski definition) is 3. The highest BCUT2D eigenvalue weighted by atomic mass is 35.5. The van der Waals surface area contributed by atoms with Gasteiger partial charge < -0.3 is 16.4 Å². The van der Waals surface area contributed by atoms with Crippen LogP contribution in [0.3, 0.4) is 0 Å². The zero-order valence-corrected chi connectivity index (χ0v) is 12.3. The van der Waals surface area contributed by atoms with Gasteiger partial charge in [0.25, 0.3) is 0 Å². The molecule has 2 rings (SSSR count). The van der Waals surface area contributed by atoms with E-state index in [0.717, 1.165) is 4.90 Å². The fourth-order valence-corrected chi connectivity index (χ4v) is 2.38. The monoisotopic (exact) mass is 330 g/mol. The van der Waals surface area contributed by atoms with Crippen molar-refractivity contribution in [2.45, 2.75) is 6.42 Å². The first-order valence-electron chi connectivity index (χ1n) is 6.01. The lowest BCUT2D eigenvalue weighted by Gasteiger charge is -2.13. The molecule has 0 atom stereocenters. The second-order valence-electron chi connectivity index (χ2n) is 4.35. The molecule has 1 aliphatic heterocycles. The summed E-state index contributed by atoms with van der Waals surface area (Å²) in [6.07, 6.45) is -0.0580. The number of rotatable bonds is 4. The van der Waals surface area contributed by atoms with E-state index in [-0.39, 0.29) is 41.8 Å². The number of benzene rings is 1. The molecule has 7 nitrogen and oxygen atoms in total. The third-order valence-electron chi connectivity index (χ3n) is 2.85. The first kappa shape index (κ1) is 15.4. The summed E-state index contributed by atoms with van der Waals surface area (Å²) in [4.78, 5) is 35.5. The molecule has 9 heteroatoms. The Bertz CT molecular complexity index is 582. The van der Waals surface area contributed by atoms with Crippen molar-refractivity contribution in [1.82, 2.24) is 10.2 Å². The van der Waals surface area contributed by atoms with Gasteiger partial charge in [-0.05, 0) is 12.1 Å². The van der Waals surface area contributed by atoms with Crippen LogP contribution < -0.4 is 16.4 Å². The summed E-state index contributed by atoms with van der Waals surface area (Å²) in [5.74, 6) is -0.782. The summed E-state index contributed by atoms with van der Waals surface area (Å²) < 4.78 is 0. The molecule has 0 bridgehead atoms. The van der Waals surface area contributed by atoms with Crippen molar-refractivity contribution in [1.29, 1.82) is 0 Å². The maximum atomic E-state index is 11.8. The molecule has 0 radical (unpaired) electrons. The van der Waals surface area contributed by atoms with Gasteiger partial charge in [0.15, 0.2) is 0 Å². The predicted molar refractivity (Wildman–Crippen MR) is 79.2 cm³/mol. The van der Waals surface area contributed by atoms with E-state index >= 15 is 0 Å². The molecule has 0 aliphatic carbocycles. The third-order valence-corrected chi connectivity index (χ3v) is 3.37. The minimum atomic E-state index is -0.503. The van der Waals surface area contributed by atoms with Gasteiger partial charge in [0, 0.05) is 18.0 Å². The largest absolute Gasteiger partial charge is 0.397 e. The highest BCUT2D eigenvalue weighted by Crippen LogP contribution is 2.32. The number of carbonyl (C=O) groups is 3. The second kappa shape index (κ2) is 6.19. The van der Waals surface area contributed by atoms with Crippen LogP contribution in [0.25, 0.3) is 0 Å². The summed E-state index contributed by atoms with van der Waals surface area (Å²) in [7, 11) is 0. The number of hydrogen-bond acceptors (Lipinski definition) is 4. The van der Waals surface area contributed by atoms with Gasteiger partial charge in [-0.25, -0.2) is 4.79 Å². The molecule has 0 unspecified atom stereocenters. The molecular formula is C12H12Cl2N4O3. The molecule has 0 aromatic heterocycles. The molecule has 1 heterocycles. The van der Waals surface area contributed by atoms with Crippen LogP contribution in [0.2, 0.25) is 10.0 Å². The van der Waals surface area contributed by atoms with Gasteiger partial charge in [0.05, 0.1) is 22.9 Å². The van der Waals surface area contributed by atoms with Crippen LogP contribution >= 0.6 is 23.2 Å². The van der Waals surface area contributed by atoms with Gasteiger partial charge in [-0.3, -0.25) is 14.5 Å². The van der Waals surface area contributed by atoms with Crippen molar-refractivity contribution in [3.63, 3.8) is 0 Å². The average molecular weight is 331 g/mol. The number of urea groups is 1. The number of nitrogen functional groups attached to an aromatic ring is 1. The van der Waals surface area contributed by atoms with E-state index in [0.29, 0.717) is 5.02 Å². The Labute approximate surface area is 130 Å². The van der Waals surface area contributed by atoms with Crippen LogP contribution in [0, 0.1) is 0 Å². The Kier molecular flexibility index (Phi) is 4.54. The quantitative estimate of drug-likeness (QED) is 0.574. The van der Waals surface area contributed by atoms with Crippen molar-refractivity contribution >= 4 is 52.4 Å². The standard InChI is InChI=1S/C12H12Cl2N4O3/c13-6-3-7(14)11(8(15)4-6)17-9(19)1-2-18-10(20)5-16-12(18)21/h3-4H,1-2,5,15H2,(H,16,21)(H,17,19). The van der Waals surface area contributed by atoms with Crippen molar-refractivity contribution in [3.05, 3.63) is 22.2 Å². The van der Waals surface area contributed by atoms with Crippen molar-refractivity contribution in [2.24, 2.45) is 0 Å². The van der Waals surface area contributed by atoms with Gasteiger partial charge >= 0.3 is 6.03 Å². The number of halogens is 2. The molecular weight excluding hydrogens is 319 g/mol. The molecule has 1 aromatic rings. The van der Waals surface area contributed by atoms with Crippen LogP contribution in [0.1, 0.15) is 6.42 Å². The molecule has 21 heavy (non-hydrogen) atoms. The lowest BCUT2D eigenvalue weighted by molar-refractivity contribution is -0.125. The Balaban J connectivity index is 1.96. The lowest BCUT2D eigenvalue weighted by Crippen LogP contribution is -2.33. The maximum absolute atomic E-state index is 11.8. The van der Waals surface area contributed by atoms with Gasteiger partial charge in [-0.1, -0.05) is 23.2 Å². The van der Waals surface area contributed by atoms with E-state index in [1.54, 1.807) is 0 Å². The van der Waals surface area contributed by atoms with E-state index < -0.39 is 11.9 Å². The first-order chi connectivity index (χ1) is 9.88. The fraction of sp³-hybridized carbons (Fsp3) is 0.250. The summed E-state index contributed by atoms with van der Waals surface area (Å²) >= 11 is 11.7. The number of nitrogens with two attached hydrogens (primary N) is 1. The SMILES string of the molecule is Nc1cc(Cl)cc(Cl)c1NC(=O)CCN1C(=O)CNC1=O. The van der Waals surface area contributed by atoms with E-state index in [1.165, 1.54) is 12.1 Å². The van der Waals surface area contributed by atoms with E-state index in [9.17, 15) is 14.4 Å². The maximum Gasteiger partial charge on any atom is 0.324 e. The molecule has 0 saturated carbocycles. The highest BCUT2D eigenvalue weighted by Gasteiger charge is 2.28. The minimum absolute atomic E-state index is 0.0123. The van der Waals surface area contributed by atoms with E-state index in [4.69, 9.17) is 28.9 Å². The number of nitrogens with zero attached hydrogens (tertiary/aromatic N) is 1. The van der Waals surface area contributed by atoms with Gasteiger partial charge in [0.2, 0.25) is 11.8 Å². The number of nitrogens with one attached hydrogen (secondary N) is 2. The summed E-state index contributed by atoms with van der Waals surface area (Å²) in [5, 5.41) is 5.47. The molecule has 4 amide bonds. The minimum Gasteiger partial charge on any atom is -0.397 e. The molecule has 112 valence electrons. The Morgan fingerprint density at radius 3 is 2.67 bits per heavy atom. The fourth-order valence-electron chi connectivity index (χ4n) is 1.82. The number of imide groups is 1. The van der Waals surface area contributed by atoms with Crippen LogP contribution in [-0.2, 0) is 9.59 Å². The third kappa shape index (κ3) is 3.56. The van der Waals surface area contributed by atoms with Gasteiger partial charge in [-0.2, -0.15) is 0 Å². The topological polar surface area (TPSA) is 105 Å². The molecule has 0 spiro atoms. The average Bonchev–Trinajstić information content (AvgIpc) is 2.71. The van der Waals surface area contributed by atoms with Crippen LogP contribution in [0.15, 0.2) is 12.1 Å². The molecule has 1 aromatic carbocycles. The summed E-state index contributed by atoms with van der Waals surface area (Å²) in [6, 6.07) is 2.41. The number of carbonyl (C=O) groups excluding carboxylic acids is 3. The Morgan fingerprint density at radius 1 is 1.38 bits per heavy atom. The van der Waals surface area contributed by atoms with Crippen molar-refractivity contribution < 1.29 is 14.4 Å². The second-order valence-corrected chi connectivity index (χ2v) is 5.20. The summed E-state index contributed by atoms with van der Waals surface area (Å²) in [6.45, 7) is -0.0575. The van der Waals surface area contributed by atoms with Crippen LogP contribution in [-0.4, -0.2) is 35.8 Å². The number of amides is 4.